The van der Waals surface area contributed by atoms with E-state index in [1.54, 1.807) is 0 Å². The minimum absolute atomic E-state index is 0.137. The smallest absolute Gasteiger partial charge is 0.0667 e. The highest BCUT2D eigenvalue weighted by atomic mass is 16.3. The number of hydrogen-bond acceptors (Lipinski definition) is 3. The van der Waals surface area contributed by atoms with Gasteiger partial charge in [0.15, 0.2) is 0 Å². The maximum absolute atomic E-state index is 9.52. The van der Waals surface area contributed by atoms with Crippen molar-refractivity contribution < 1.29 is 5.11 Å². The maximum atomic E-state index is 9.52. The molecular weight excluding hydrogens is 176 g/mol. The number of likely N-dealkylation sites (tertiary alicyclic amines) is 1. The summed E-state index contributed by atoms with van der Waals surface area (Å²) in [5.74, 6) is 0. The Morgan fingerprint density at radius 1 is 1.50 bits per heavy atom. The molecule has 1 saturated heterocycles. The van der Waals surface area contributed by atoms with E-state index in [0.29, 0.717) is 11.8 Å². The third-order valence-corrected chi connectivity index (χ3v) is 3.45. The fourth-order valence-electron chi connectivity index (χ4n) is 2.38. The van der Waals surface area contributed by atoms with Gasteiger partial charge in [0.1, 0.15) is 0 Å². The molecular formula is C11H18N2O. The topological polar surface area (TPSA) is 47.3 Å². The minimum Gasteiger partial charge on any atom is -0.392 e. The zero-order valence-electron chi connectivity index (χ0n) is 8.58. The summed E-state index contributed by atoms with van der Waals surface area (Å²) < 4.78 is 0. The van der Waals surface area contributed by atoms with Crippen LogP contribution in [0.1, 0.15) is 32.1 Å². The van der Waals surface area contributed by atoms with Gasteiger partial charge in [-0.25, -0.2) is 0 Å². The molecule has 1 aliphatic heterocycles. The summed E-state index contributed by atoms with van der Waals surface area (Å²) in [7, 11) is 0. The van der Waals surface area contributed by atoms with Gasteiger partial charge in [0, 0.05) is 19.5 Å². The summed E-state index contributed by atoms with van der Waals surface area (Å²) in [6.07, 6.45) is 5.01. The van der Waals surface area contributed by atoms with Crippen molar-refractivity contribution in [3.8, 4) is 6.07 Å². The molecule has 3 nitrogen and oxygen atoms in total. The number of aliphatic hydroxyl groups excluding tert-OH is 1. The van der Waals surface area contributed by atoms with Crippen LogP contribution in [-0.4, -0.2) is 35.7 Å². The summed E-state index contributed by atoms with van der Waals surface area (Å²) in [6.45, 7) is 2.94. The van der Waals surface area contributed by atoms with Gasteiger partial charge in [-0.1, -0.05) is 0 Å². The predicted octanol–water partition coefficient (Wildman–Crippen LogP) is 1.14. The molecule has 14 heavy (non-hydrogen) atoms. The summed E-state index contributed by atoms with van der Waals surface area (Å²) >= 11 is 0. The summed E-state index contributed by atoms with van der Waals surface area (Å²) in [5.41, 5.74) is 0.297. The van der Waals surface area contributed by atoms with E-state index >= 15 is 0 Å². The van der Waals surface area contributed by atoms with Crippen LogP contribution in [0.2, 0.25) is 0 Å². The van der Waals surface area contributed by atoms with Crippen molar-refractivity contribution in [2.75, 3.05) is 19.6 Å². The molecule has 0 aromatic rings. The summed E-state index contributed by atoms with van der Waals surface area (Å²) in [4.78, 5) is 2.33. The Bertz CT molecular complexity index is 242. The molecule has 0 spiro atoms. The Labute approximate surface area is 85.3 Å². The van der Waals surface area contributed by atoms with Crippen molar-refractivity contribution in [1.82, 2.24) is 4.90 Å². The lowest BCUT2D eigenvalue weighted by molar-refractivity contribution is 0.0598. The van der Waals surface area contributed by atoms with Crippen molar-refractivity contribution in [3.63, 3.8) is 0 Å². The van der Waals surface area contributed by atoms with Gasteiger partial charge in [0.25, 0.3) is 0 Å². The first kappa shape index (κ1) is 9.95. The van der Waals surface area contributed by atoms with Crippen LogP contribution in [0.4, 0.5) is 0 Å². The van der Waals surface area contributed by atoms with E-state index in [-0.39, 0.29) is 6.10 Å². The Morgan fingerprint density at radius 2 is 2.29 bits per heavy atom. The molecule has 2 aliphatic rings. The second-order valence-corrected chi connectivity index (χ2v) is 4.87. The van der Waals surface area contributed by atoms with Crippen LogP contribution in [-0.2, 0) is 0 Å². The van der Waals surface area contributed by atoms with Crippen LogP contribution in [0.15, 0.2) is 0 Å². The van der Waals surface area contributed by atoms with Crippen LogP contribution in [0.25, 0.3) is 0 Å². The third kappa shape index (κ3) is 2.26. The molecule has 1 heterocycles. The highest BCUT2D eigenvalue weighted by Gasteiger charge is 2.43. The molecule has 0 amide bonds. The number of rotatable bonds is 3. The monoisotopic (exact) mass is 194 g/mol. The predicted molar refractivity (Wildman–Crippen MR) is 53.6 cm³/mol. The van der Waals surface area contributed by atoms with Gasteiger partial charge in [-0.3, -0.25) is 0 Å². The normalized spacial score (nSPS) is 31.0. The number of hydrogen-bond donors (Lipinski definition) is 1. The van der Waals surface area contributed by atoms with Gasteiger partial charge in [0.2, 0.25) is 0 Å². The largest absolute Gasteiger partial charge is 0.392 e. The van der Waals surface area contributed by atoms with Gasteiger partial charge in [0.05, 0.1) is 12.2 Å². The zero-order chi connectivity index (χ0) is 10.0. The first-order valence-corrected chi connectivity index (χ1v) is 5.51. The first-order chi connectivity index (χ1) is 6.74. The highest BCUT2D eigenvalue weighted by Crippen LogP contribution is 2.49. The minimum atomic E-state index is -0.137. The van der Waals surface area contributed by atoms with Crippen LogP contribution in [0, 0.1) is 16.7 Å². The Balaban J connectivity index is 1.82. The average molecular weight is 194 g/mol. The molecule has 0 aromatic carbocycles. The highest BCUT2D eigenvalue weighted by molar-refractivity contribution is 5.01. The van der Waals surface area contributed by atoms with Gasteiger partial charge in [-0.05, 0) is 37.6 Å². The van der Waals surface area contributed by atoms with Crippen molar-refractivity contribution >= 4 is 0 Å². The number of nitrogens with zero attached hydrogens (tertiary/aromatic N) is 2. The van der Waals surface area contributed by atoms with Gasteiger partial charge < -0.3 is 10.0 Å². The van der Waals surface area contributed by atoms with Crippen LogP contribution in [0.3, 0.4) is 0 Å². The second-order valence-electron chi connectivity index (χ2n) is 4.87. The lowest BCUT2D eigenvalue weighted by Crippen LogP contribution is -2.41. The molecule has 0 aromatic heterocycles. The summed E-state index contributed by atoms with van der Waals surface area (Å²) in [6, 6.07) is 2.28. The number of piperidine rings is 1. The standard InChI is InChI=1S/C11H18N2O/c12-6-5-11(3-4-11)9-13-7-1-2-10(14)8-13/h10,14H,1-5,7-9H2. The number of nitriles is 1. The van der Waals surface area contributed by atoms with Crippen LogP contribution in [0.5, 0.6) is 0 Å². The maximum Gasteiger partial charge on any atom is 0.0667 e. The van der Waals surface area contributed by atoms with E-state index in [1.165, 1.54) is 12.8 Å². The Morgan fingerprint density at radius 3 is 2.86 bits per heavy atom. The average Bonchev–Trinajstić information content (AvgIpc) is 2.85. The van der Waals surface area contributed by atoms with E-state index in [0.717, 1.165) is 32.5 Å². The van der Waals surface area contributed by atoms with Crippen molar-refractivity contribution in [2.24, 2.45) is 5.41 Å². The molecule has 0 radical (unpaired) electrons. The first-order valence-electron chi connectivity index (χ1n) is 5.51. The molecule has 0 bridgehead atoms. The molecule has 1 aliphatic carbocycles. The van der Waals surface area contributed by atoms with E-state index in [4.69, 9.17) is 5.26 Å². The van der Waals surface area contributed by atoms with Crippen molar-refractivity contribution in [1.29, 1.82) is 5.26 Å². The fourth-order valence-corrected chi connectivity index (χ4v) is 2.38. The fraction of sp³-hybridized carbons (Fsp3) is 0.909. The van der Waals surface area contributed by atoms with E-state index in [1.807, 2.05) is 0 Å². The van der Waals surface area contributed by atoms with Gasteiger partial charge in [-0.15, -0.1) is 0 Å². The lowest BCUT2D eigenvalue weighted by atomic mass is 10.0. The molecule has 1 N–H and O–H groups in total. The zero-order valence-corrected chi connectivity index (χ0v) is 8.58. The third-order valence-electron chi connectivity index (χ3n) is 3.45. The van der Waals surface area contributed by atoms with Gasteiger partial charge in [-0.2, -0.15) is 5.26 Å². The van der Waals surface area contributed by atoms with Gasteiger partial charge >= 0.3 is 0 Å². The van der Waals surface area contributed by atoms with E-state index in [9.17, 15) is 5.11 Å². The molecule has 78 valence electrons. The molecule has 1 unspecified atom stereocenters. The number of β-amino-alcohol motifs (C(OH)–C–C–N with tert-alkyl or cyclic N) is 1. The molecule has 2 rings (SSSR count). The lowest BCUT2D eigenvalue weighted by Gasteiger charge is -2.32. The Hall–Kier alpha value is -0.590. The molecule has 3 heteroatoms. The van der Waals surface area contributed by atoms with Crippen molar-refractivity contribution in [2.45, 2.75) is 38.2 Å². The van der Waals surface area contributed by atoms with E-state index < -0.39 is 0 Å². The number of aliphatic hydroxyl groups is 1. The molecule has 1 atom stereocenters. The van der Waals surface area contributed by atoms with Crippen LogP contribution < -0.4 is 0 Å². The molecule has 1 saturated carbocycles. The van der Waals surface area contributed by atoms with Crippen LogP contribution >= 0.6 is 0 Å². The SMILES string of the molecule is N#CCC1(CN2CCCC(O)C2)CC1. The van der Waals surface area contributed by atoms with Crippen molar-refractivity contribution in [3.05, 3.63) is 0 Å². The quantitative estimate of drug-likeness (QED) is 0.732. The Kier molecular flexibility index (Phi) is 2.76. The molecule has 2 fully saturated rings. The van der Waals surface area contributed by atoms with E-state index in [2.05, 4.69) is 11.0 Å². The summed E-state index contributed by atoms with van der Waals surface area (Å²) in [5, 5.41) is 18.2. The second kappa shape index (κ2) is 3.88.